The maximum Gasteiger partial charge on any atom is 0.243 e. The summed E-state index contributed by atoms with van der Waals surface area (Å²) in [7, 11) is 0. The molecule has 3 aliphatic rings. The van der Waals surface area contributed by atoms with Crippen LogP contribution >= 0.6 is 0 Å². The van der Waals surface area contributed by atoms with Crippen LogP contribution in [0.5, 0.6) is 0 Å². The Labute approximate surface area is 205 Å². The van der Waals surface area contributed by atoms with Crippen molar-refractivity contribution < 1.29 is 4.79 Å². The third-order valence-corrected chi connectivity index (χ3v) is 7.51. The van der Waals surface area contributed by atoms with Crippen molar-refractivity contribution in [3.63, 3.8) is 0 Å². The number of hydrogen-bond acceptors (Lipinski definition) is 8. The highest BCUT2D eigenvalue weighted by molar-refractivity contribution is 6.08. The Balaban J connectivity index is 1.65. The zero-order valence-corrected chi connectivity index (χ0v) is 20.7. The molecule has 1 saturated carbocycles. The molecule has 2 atom stereocenters. The molecule has 1 saturated heterocycles. The smallest absolute Gasteiger partial charge is 0.243 e. The van der Waals surface area contributed by atoms with E-state index in [0.29, 0.717) is 38.3 Å². The van der Waals surface area contributed by atoms with E-state index >= 15 is 0 Å². The summed E-state index contributed by atoms with van der Waals surface area (Å²) in [4.78, 5) is 28.2. The number of aromatic nitrogens is 2. The Kier molecular flexibility index (Phi) is 6.10. The zero-order valence-electron chi connectivity index (χ0n) is 20.7. The zero-order chi connectivity index (χ0) is 25.5. The molecule has 0 unspecified atom stereocenters. The first-order chi connectivity index (χ1) is 16.6. The summed E-state index contributed by atoms with van der Waals surface area (Å²) in [5.41, 5.74) is -0.198. The van der Waals surface area contributed by atoms with Crippen molar-refractivity contribution in [2.75, 3.05) is 29.4 Å². The summed E-state index contributed by atoms with van der Waals surface area (Å²) in [5, 5.41) is 34.7. The number of rotatable bonds is 4. The fourth-order valence-electron chi connectivity index (χ4n) is 5.36. The number of anilines is 2. The molecule has 0 aromatic carbocycles. The second-order valence-electron chi connectivity index (χ2n) is 10.5. The maximum absolute atomic E-state index is 13.3. The van der Waals surface area contributed by atoms with Crippen molar-refractivity contribution in [1.82, 2.24) is 14.9 Å². The normalized spacial score (nSPS) is 24.6. The second-order valence-corrected chi connectivity index (χ2v) is 10.5. The summed E-state index contributed by atoms with van der Waals surface area (Å²) < 4.78 is 0. The number of allylic oxidation sites excluding steroid dienone is 1. The Bertz CT molecular complexity index is 1180. The van der Waals surface area contributed by atoms with Crippen LogP contribution in [0, 0.1) is 38.9 Å². The molecule has 1 aliphatic carbocycles. The number of amidine groups is 1. The van der Waals surface area contributed by atoms with Crippen molar-refractivity contribution in [2.45, 2.75) is 64.5 Å². The summed E-state index contributed by atoms with van der Waals surface area (Å²) in [6, 6.07) is 4.10. The molecule has 10 nitrogen and oxygen atoms in total. The van der Waals surface area contributed by atoms with E-state index in [2.05, 4.69) is 41.7 Å². The van der Waals surface area contributed by atoms with E-state index in [4.69, 9.17) is 16.1 Å². The van der Waals surface area contributed by atoms with Gasteiger partial charge in [-0.2, -0.15) is 10.5 Å². The van der Waals surface area contributed by atoms with Crippen LogP contribution in [0.25, 0.3) is 0 Å². The molecule has 1 aromatic heterocycles. The number of nitrogens with zero attached hydrogens (tertiary/aromatic N) is 7. The Morgan fingerprint density at radius 1 is 1.17 bits per heavy atom. The number of hydrogen-bond donors (Lipinski definition) is 2. The van der Waals surface area contributed by atoms with Gasteiger partial charge in [0.05, 0.1) is 11.6 Å². The number of amides is 1. The first-order valence-corrected chi connectivity index (χ1v) is 11.9. The highest BCUT2D eigenvalue weighted by atomic mass is 16.2. The lowest BCUT2D eigenvalue weighted by molar-refractivity contribution is -0.146. The highest BCUT2D eigenvalue weighted by Gasteiger charge is 2.50. The number of carbonyl (C=O) groups excluding carboxylic acids is 1. The van der Waals surface area contributed by atoms with Crippen molar-refractivity contribution >= 4 is 29.6 Å². The first-order valence-electron chi connectivity index (χ1n) is 11.9. The standard InChI is InChI=1S/C25H31N9O/c1-16-12-33(23(35)25(13-28)6-5-7-25)17(2)11-32(16)21-20-22(31-15-30-21)34(14-24(20,3)4)19(29)8-18(9-26)10-27/h8-9,15-17,26,29H,5-7,11-12,14H2,1-4H3/b18-8+,26-9?,29-19?/t16-,17+/m0/s1. The minimum absolute atomic E-state index is 0.0164. The van der Waals surface area contributed by atoms with Gasteiger partial charge in [-0.05, 0) is 39.2 Å². The quantitative estimate of drug-likeness (QED) is 0.388. The maximum atomic E-state index is 13.3. The van der Waals surface area contributed by atoms with Gasteiger partial charge in [0.15, 0.2) is 0 Å². The molecular weight excluding hydrogens is 442 g/mol. The lowest BCUT2D eigenvalue weighted by Crippen LogP contribution is -2.62. The Morgan fingerprint density at radius 2 is 1.86 bits per heavy atom. The van der Waals surface area contributed by atoms with Crippen LogP contribution in [-0.4, -0.2) is 64.5 Å². The van der Waals surface area contributed by atoms with Gasteiger partial charge in [0.25, 0.3) is 0 Å². The molecule has 2 N–H and O–H groups in total. The van der Waals surface area contributed by atoms with Crippen molar-refractivity contribution in [1.29, 1.82) is 21.3 Å². The van der Waals surface area contributed by atoms with Crippen LogP contribution in [0.15, 0.2) is 18.0 Å². The molecule has 35 heavy (non-hydrogen) atoms. The van der Waals surface area contributed by atoms with Crippen molar-refractivity contribution in [2.24, 2.45) is 5.41 Å². The topological polar surface area (TPSA) is 148 Å². The van der Waals surface area contributed by atoms with E-state index in [1.165, 1.54) is 12.4 Å². The molecule has 10 heteroatoms. The molecule has 4 rings (SSSR count). The SMILES string of the molecule is C[C@@H]1CN(c2ncnc3c2C(C)(C)CN3C(=N)/C=C(/C#N)C=N)[C@@H](C)CN1C(=O)C1(C#N)CCC1. The second kappa shape index (κ2) is 8.77. The summed E-state index contributed by atoms with van der Waals surface area (Å²) in [6.07, 6.45) is 6.00. The van der Waals surface area contributed by atoms with Gasteiger partial charge in [0.1, 0.15) is 35.3 Å². The molecule has 3 heterocycles. The number of nitriles is 2. The van der Waals surface area contributed by atoms with E-state index in [1.807, 2.05) is 17.9 Å². The van der Waals surface area contributed by atoms with Crippen molar-refractivity contribution in [3.05, 3.63) is 23.5 Å². The van der Waals surface area contributed by atoms with Crippen LogP contribution in [0.1, 0.15) is 52.5 Å². The lowest BCUT2D eigenvalue weighted by atomic mass is 9.68. The molecule has 0 bridgehead atoms. The third-order valence-electron chi connectivity index (χ3n) is 7.51. The van der Waals surface area contributed by atoms with Gasteiger partial charge in [-0.3, -0.25) is 10.2 Å². The lowest BCUT2D eigenvalue weighted by Gasteiger charge is -2.48. The number of fused-ring (bicyclic) bond motifs is 1. The van der Waals surface area contributed by atoms with E-state index in [-0.39, 0.29) is 34.8 Å². The van der Waals surface area contributed by atoms with Crippen molar-refractivity contribution in [3.8, 4) is 12.1 Å². The van der Waals surface area contributed by atoms with Gasteiger partial charge in [0, 0.05) is 48.9 Å². The predicted molar refractivity (Wildman–Crippen MR) is 132 cm³/mol. The van der Waals surface area contributed by atoms with Crippen LogP contribution < -0.4 is 9.80 Å². The van der Waals surface area contributed by atoms with E-state index in [1.54, 1.807) is 4.90 Å². The number of carbonyl (C=O) groups is 1. The molecule has 2 fully saturated rings. The van der Waals surface area contributed by atoms with E-state index in [9.17, 15) is 10.1 Å². The van der Waals surface area contributed by atoms with Gasteiger partial charge in [-0.15, -0.1) is 0 Å². The molecule has 182 valence electrons. The summed E-state index contributed by atoms with van der Waals surface area (Å²) in [5.74, 6) is 1.46. The average molecular weight is 474 g/mol. The summed E-state index contributed by atoms with van der Waals surface area (Å²) >= 11 is 0. The monoisotopic (exact) mass is 473 g/mol. The number of nitrogens with one attached hydrogen (secondary N) is 2. The predicted octanol–water partition coefficient (Wildman–Crippen LogP) is 2.77. The van der Waals surface area contributed by atoms with Gasteiger partial charge in [-0.25, -0.2) is 9.97 Å². The van der Waals surface area contributed by atoms with Crippen LogP contribution in [0.4, 0.5) is 11.6 Å². The minimum Gasteiger partial charge on any atom is -0.350 e. The minimum atomic E-state index is -0.860. The molecule has 2 aliphatic heterocycles. The average Bonchev–Trinajstić information content (AvgIpc) is 3.09. The van der Waals surface area contributed by atoms with Gasteiger partial charge in [0.2, 0.25) is 5.91 Å². The van der Waals surface area contributed by atoms with Gasteiger partial charge in [-0.1, -0.05) is 13.8 Å². The first kappa shape index (κ1) is 24.3. The van der Waals surface area contributed by atoms with Gasteiger partial charge < -0.3 is 20.1 Å². The fraction of sp³-hybridized carbons (Fsp3) is 0.560. The third kappa shape index (κ3) is 3.93. The molecular formula is C25H31N9O. The molecule has 1 amide bonds. The van der Waals surface area contributed by atoms with E-state index < -0.39 is 5.41 Å². The van der Waals surface area contributed by atoms with Crippen LogP contribution in [0.3, 0.4) is 0 Å². The molecule has 0 spiro atoms. The van der Waals surface area contributed by atoms with Gasteiger partial charge >= 0.3 is 0 Å². The summed E-state index contributed by atoms with van der Waals surface area (Å²) in [6.45, 7) is 9.83. The van der Waals surface area contributed by atoms with Crippen LogP contribution in [0.2, 0.25) is 0 Å². The highest BCUT2D eigenvalue weighted by Crippen LogP contribution is 2.46. The molecule has 1 aromatic rings. The Hall–Kier alpha value is -3.79. The largest absolute Gasteiger partial charge is 0.350 e. The van der Waals surface area contributed by atoms with E-state index in [0.717, 1.165) is 24.0 Å². The van der Waals surface area contributed by atoms with Crippen LogP contribution in [-0.2, 0) is 10.2 Å². The molecule has 0 radical (unpaired) electrons. The number of piperazine rings is 1. The Morgan fingerprint density at radius 3 is 2.43 bits per heavy atom. The fourth-order valence-corrected chi connectivity index (χ4v) is 5.36.